The molecule has 0 aliphatic carbocycles. The highest BCUT2D eigenvalue weighted by Gasteiger charge is 2.43. The average molecular weight is 394 g/mol. The number of aliphatic hydroxyl groups is 1. The van der Waals surface area contributed by atoms with Crippen LogP contribution in [0.5, 0.6) is 0 Å². The van der Waals surface area contributed by atoms with Gasteiger partial charge in [0.25, 0.3) is 0 Å². The maximum atomic E-state index is 11.8. The number of piperidine rings is 1. The maximum Gasteiger partial charge on any atom is 0.116 e. The third-order valence-electron chi connectivity index (χ3n) is 6.96. The average Bonchev–Trinajstić information content (AvgIpc) is 2.72. The van der Waals surface area contributed by atoms with Gasteiger partial charge in [0, 0.05) is 19.7 Å². The van der Waals surface area contributed by atoms with Crippen molar-refractivity contribution < 1.29 is 9.84 Å². The van der Waals surface area contributed by atoms with Gasteiger partial charge in [0.05, 0.1) is 5.60 Å². The van der Waals surface area contributed by atoms with E-state index >= 15 is 0 Å². The molecule has 1 spiro atoms. The van der Waals surface area contributed by atoms with E-state index in [1.54, 1.807) is 0 Å². The highest BCUT2D eigenvalue weighted by atomic mass is 16.5. The second-order valence-electron chi connectivity index (χ2n) is 9.76. The molecular formula is C26H35NO2. The van der Waals surface area contributed by atoms with Crippen molar-refractivity contribution in [1.82, 2.24) is 4.90 Å². The topological polar surface area (TPSA) is 32.7 Å². The summed E-state index contributed by atoms with van der Waals surface area (Å²) in [6.45, 7) is 8.50. The lowest BCUT2D eigenvalue weighted by Crippen LogP contribution is -2.51. The van der Waals surface area contributed by atoms with Crippen molar-refractivity contribution >= 4 is 0 Å². The summed E-state index contributed by atoms with van der Waals surface area (Å²) in [5, 5.41) is 11.8. The van der Waals surface area contributed by atoms with Gasteiger partial charge in [-0.2, -0.15) is 0 Å². The Labute approximate surface area is 175 Å². The van der Waals surface area contributed by atoms with E-state index in [1.165, 1.54) is 12.8 Å². The predicted molar refractivity (Wildman–Crippen MR) is 118 cm³/mol. The predicted octanol–water partition coefficient (Wildman–Crippen LogP) is 4.98. The van der Waals surface area contributed by atoms with Crippen LogP contribution < -0.4 is 0 Å². The molecule has 2 aliphatic heterocycles. The molecule has 0 radical (unpaired) electrons. The minimum absolute atomic E-state index is 0.0178. The van der Waals surface area contributed by atoms with E-state index < -0.39 is 5.60 Å². The van der Waals surface area contributed by atoms with E-state index in [4.69, 9.17) is 4.74 Å². The van der Waals surface area contributed by atoms with Crippen LogP contribution >= 0.6 is 0 Å². The molecule has 1 N–H and O–H groups in total. The molecule has 0 amide bonds. The van der Waals surface area contributed by atoms with Gasteiger partial charge < -0.3 is 14.7 Å². The first-order valence-corrected chi connectivity index (χ1v) is 11.1. The van der Waals surface area contributed by atoms with Crippen LogP contribution in [0.15, 0.2) is 60.7 Å². The number of likely N-dealkylation sites (tertiary alicyclic amines) is 1. The minimum Gasteiger partial charge on any atom is -0.380 e. The lowest BCUT2D eigenvalue weighted by molar-refractivity contribution is -0.123. The molecule has 3 nitrogen and oxygen atoms in total. The highest BCUT2D eigenvalue weighted by Crippen LogP contribution is 2.45. The smallest absolute Gasteiger partial charge is 0.116 e. The molecule has 4 rings (SSSR count). The Morgan fingerprint density at radius 3 is 2.17 bits per heavy atom. The number of nitrogens with zero attached hydrogens (tertiary/aromatic N) is 1. The van der Waals surface area contributed by atoms with Gasteiger partial charge >= 0.3 is 0 Å². The van der Waals surface area contributed by atoms with Gasteiger partial charge in [-0.15, -0.1) is 0 Å². The third kappa shape index (κ3) is 4.58. The summed E-state index contributed by atoms with van der Waals surface area (Å²) in [5.41, 5.74) is 1.35. The molecule has 2 saturated heterocycles. The first-order chi connectivity index (χ1) is 13.9. The van der Waals surface area contributed by atoms with E-state index in [-0.39, 0.29) is 5.60 Å². The Bertz CT molecular complexity index is 745. The van der Waals surface area contributed by atoms with E-state index in [0.29, 0.717) is 11.8 Å². The van der Waals surface area contributed by atoms with Gasteiger partial charge in [-0.05, 0) is 69.0 Å². The Morgan fingerprint density at radius 2 is 1.59 bits per heavy atom. The number of benzene rings is 2. The molecule has 29 heavy (non-hydrogen) atoms. The quantitative estimate of drug-likeness (QED) is 0.777. The normalized spacial score (nSPS) is 25.2. The molecule has 1 atom stereocenters. The number of hydrogen-bond donors (Lipinski definition) is 1. The molecule has 2 fully saturated rings. The summed E-state index contributed by atoms with van der Waals surface area (Å²) in [6, 6.07) is 20.3. The van der Waals surface area contributed by atoms with Crippen LogP contribution in [0, 0.1) is 5.41 Å². The van der Waals surface area contributed by atoms with Gasteiger partial charge in [0.2, 0.25) is 0 Å². The summed E-state index contributed by atoms with van der Waals surface area (Å²) >= 11 is 0. The van der Waals surface area contributed by atoms with Gasteiger partial charge in [0.15, 0.2) is 0 Å². The van der Waals surface area contributed by atoms with Gasteiger partial charge in [-0.25, -0.2) is 0 Å². The van der Waals surface area contributed by atoms with Crippen LogP contribution in [-0.2, 0) is 10.3 Å². The van der Waals surface area contributed by atoms with Crippen molar-refractivity contribution in [2.45, 2.75) is 57.2 Å². The van der Waals surface area contributed by atoms with Crippen LogP contribution in [0.3, 0.4) is 0 Å². The number of rotatable bonds is 5. The molecule has 156 valence electrons. The fraction of sp³-hybridized carbons (Fsp3) is 0.538. The fourth-order valence-corrected chi connectivity index (χ4v) is 5.64. The van der Waals surface area contributed by atoms with Gasteiger partial charge in [0.1, 0.15) is 5.60 Å². The zero-order valence-electron chi connectivity index (χ0n) is 17.9. The SMILES string of the molecule is CC1(C)C[C@]2(CCCN(CCC(O)(c3ccccc3)c3ccccc3)C2)CCO1. The minimum atomic E-state index is -0.956. The van der Waals surface area contributed by atoms with E-state index in [0.717, 1.165) is 50.2 Å². The molecule has 2 aliphatic rings. The molecule has 3 heteroatoms. The Balaban J connectivity index is 1.51. The lowest BCUT2D eigenvalue weighted by atomic mass is 9.69. The van der Waals surface area contributed by atoms with E-state index in [2.05, 4.69) is 18.7 Å². The zero-order chi connectivity index (χ0) is 20.4. The number of hydrogen-bond acceptors (Lipinski definition) is 3. The second-order valence-corrected chi connectivity index (χ2v) is 9.76. The van der Waals surface area contributed by atoms with E-state index in [1.807, 2.05) is 60.7 Å². The largest absolute Gasteiger partial charge is 0.380 e. The Morgan fingerprint density at radius 1 is 0.966 bits per heavy atom. The van der Waals surface area contributed by atoms with Crippen molar-refractivity contribution in [2.24, 2.45) is 5.41 Å². The summed E-state index contributed by atoms with van der Waals surface area (Å²) in [7, 11) is 0. The van der Waals surface area contributed by atoms with Crippen LogP contribution in [0.4, 0.5) is 0 Å². The molecule has 0 unspecified atom stereocenters. The molecule has 0 bridgehead atoms. The first kappa shape index (κ1) is 20.6. The number of ether oxygens (including phenoxy) is 1. The van der Waals surface area contributed by atoms with Crippen LogP contribution in [0.2, 0.25) is 0 Å². The second kappa shape index (κ2) is 8.22. The van der Waals surface area contributed by atoms with Crippen molar-refractivity contribution in [3.63, 3.8) is 0 Å². The highest BCUT2D eigenvalue weighted by molar-refractivity contribution is 5.35. The molecule has 0 aromatic heterocycles. The molecule has 2 aromatic carbocycles. The Hall–Kier alpha value is -1.68. The molecule has 0 saturated carbocycles. The van der Waals surface area contributed by atoms with Gasteiger partial charge in [-0.1, -0.05) is 60.7 Å². The van der Waals surface area contributed by atoms with E-state index in [9.17, 15) is 5.11 Å². The van der Waals surface area contributed by atoms with Crippen molar-refractivity contribution in [1.29, 1.82) is 0 Å². The molecule has 2 heterocycles. The summed E-state index contributed by atoms with van der Waals surface area (Å²) in [5.74, 6) is 0. The zero-order valence-corrected chi connectivity index (χ0v) is 17.9. The monoisotopic (exact) mass is 393 g/mol. The molecule has 2 aromatic rings. The summed E-state index contributed by atoms with van der Waals surface area (Å²) in [4.78, 5) is 2.59. The van der Waals surface area contributed by atoms with Crippen LogP contribution in [-0.4, -0.2) is 41.8 Å². The Kier molecular flexibility index (Phi) is 5.83. The lowest BCUT2D eigenvalue weighted by Gasteiger charge is -2.50. The third-order valence-corrected chi connectivity index (χ3v) is 6.96. The van der Waals surface area contributed by atoms with Gasteiger partial charge in [-0.3, -0.25) is 0 Å². The van der Waals surface area contributed by atoms with Crippen molar-refractivity contribution in [3.05, 3.63) is 71.8 Å². The maximum absolute atomic E-state index is 11.8. The standard InChI is InChI=1S/C26H35NO2/c1-24(2)20-25(16-19-29-24)14-9-17-27(21-25)18-15-26(28,22-10-5-3-6-11-22)23-12-7-4-8-13-23/h3-8,10-13,28H,9,14-21H2,1-2H3/t25-/m0/s1. The van der Waals surface area contributed by atoms with Crippen LogP contribution in [0.1, 0.15) is 57.1 Å². The summed E-state index contributed by atoms with van der Waals surface area (Å²) in [6.07, 6.45) is 5.55. The van der Waals surface area contributed by atoms with Crippen molar-refractivity contribution in [2.75, 3.05) is 26.2 Å². The summed E-state index contributed by atoms with van der Waals surface area (Å²) < 4.78 is 6.00. The molecular weight excluding hydrogens is 358 g/mol. The fourth-order valence-electron chi connectivity index (χ4n) is 5.64. The first-order valence-electron chi connectivity index (χ1n) is 11.1. The van der Waals surface area contributed by atoms with Crippen LogP contribution in [0.25, 0.3) is 0 Å². The van der Waals surface area contributed by atoms with Crippen molar-refractivity contribution in [3.8, 4) is 0 Å².